The zero-order valence-corrected chi connectivity index (χ0v) is 15.5. The molecular formula is C17H22N2O3S2. The maximum Gasteiger partial charge on any atom is 0.271 e. The molecule has 7 heteroatoms. The van der Waals surface area contributed by atoms with Gasteiger partial charge in [0, 0.05) is 23.7 Å². The Labute approximate surface area is 147 Å². The number of rotatable bonds is 5. The third kappa shape index (κ3) is 3.97. The molecule has 3 rings (SSSR count). The average molecular weight is 367 g/mol. The van der Waals surface area contributed by atoms with Crippen molar-refractivity contribution >= 4 is 27.0 Å². The van der Waals surface area contributed by atoms with Crippen molar-refractivity contribution in [3.05, 3.63) is 46.8 Å². The number of likely N-dealkylation sites (N-methyl/N-ethyl adjacent to an activating group) is 1. The van der Waals surface area contributed by atoms with Crippen LogP contribution in [-0.2, 0) is 14.8 Å². The van der Waals surface area contributed by atoms with Crippen molar-refractivity contribution in [2.75, 3.05) is 31.0 Å². The molecule has 24 heavy (non-hydrogen) atoms. The van der Waals surface area contributed by atoms with Gasteiger partial charge in [0.25, 0.3) is 10.0 Å². The molecule has 1 aliphatic rings. The molecule has 1 unspecified atom stereocenters. The molecule has 1 saturated heterocycles. The second kappa shape index (κ2) is 7.23. The zero-order valence-electron chi connectivity index (χ0n) is 13.9. The van der Waals surface area contributed by atoms with Gasteiger partial charge in [0.1, 0.15) is 4.21 Å². The molecule has 1 fully saturated rings. The Morgan fingerprint density at radius 3 is 2.62 bits per heavy atom. The standard InChI is InChI=1S/C17H22N2O3S2/c1-3-19-10-11-22-16(12-19)14-5-7-15(8-6-14)18-24(20,21)17-9-4-13(2)23-17/h4-9,16,18H,3,10-12H2,1-2H3. The van der Waals surface area contributed by atoms with E-state index in [1.54, 1.807) is 18.2 Å². The van der Waals surface area contributed by atoms with Crippen molar-refractivity contribution in [2.45, 2.75) is 24.2 Å². The molecule has 0 radical (unpaired) electrons. The third-order valence-corrected chi connectivity index (χ3v) is 6.99. The smallest absolute Gasteiger partial charge is 0.271 e. The Balaban J connectivity index is 1.70. The van der Waals surface area contributed by atoms with Gasteiger partial charge >= 0.3 is 0 Å². The molecule has 0 amide bonds. The van der Waals surface area contributed by atoms with Crippen LogP contribution in [0.15, 0.2) is 40.6 Å². The fourth-order valence-corrected chi connectivity index (χ4v) is 5.06. The summed E-state index contributed by atoms with van der Waals surface area (Å²) in [6, 6.07) is 10.9. The van der Waals surface area contributed by atoms with E-state index >= 15 is 0 Å². The van der Waals surface area contributed by atoms with E-state index in [2.05, 4.69) is 16.5 Å². The number of nitrogens with zero attached hydrogens (tertiary/aromatic N) is 1. The molecule has 0 saturated carbocycles. The summed E-state index contributed by atoms with van der Waals surface area (Å²) in [5, 5.41) is 0. The van der Waals surface area contributed by atoms with Gasteiger partial charge in [0.2, 0.25) is 0 Å². The lowest BCUT2D eigenvalue weighted by molar-refractivity contribution is -0.0281. The molecule has 0 aliphatic carbocycles. The largest absolute Gasteiger partial charge is 0.371 e. The Hall–Kier alpha value is -1.41. The average Bonchev–Trinajstić information content (AvgIpc) is 3.03. The van der Waals surface area contributed by atoms with Gasteiger partial charge in [-0.15, -0.1) is 11.3 Å². The Bertz CT molecular complexity index is 784. The van der Waals surface area contributed by atoms with Gasteiger partial charge < -0.3 is 4.74 Å². The van der Waals surface area contributed by atoms with Crippen LogP contribution in [-0.4, -0.2) is 39.6 Å². The number of nitrogens with one attached hydrogen (secondary N) is 1. The fraction of sp³-hybridized carbons (Fsp3) is 0.412. The quantitative estimate of drug-likeness (QED) is 0.882. The van der Waals surface area contributed by atoms with Crippen molar-refractivity contribution in [1.82, 2.24) is 4.90 Å². The van der Waals surface area contributed by atoms with Crippen LogP contribution < -0.4 is 4.72 Å². The highest BCUT2D eigenvalue weighted by Crippen LogP contribution is 2.26. The maximum atomic E-state index is 12.4. The molecular weight excluding hydrogens is 344 g/mol. The summed E-state index contributed by atoms with van der Waals surface area (Å²) in [6.45, 7) is 7.61. The van der Waals surface area contributed by atoms with Crippen LogP contribution in [0.3, 0.4) is 0 Å². The first kappa shape index (κ1) is 17.4. The van der Waals surface area contributed by atoms with E-state index in [-0.39, 0.29) is 6.10 Å². The number of aryl methyl sites for hydroxylation is 1. The normalized spacial score (nSPS) is 19.3. The molecule has 2 heterocycles. The van der Waals surface area contributed by atoms with Gasteiger partial charge in [-0.1, -0.05) is 19.1 Å². The molecule has 2 aromatic rings. The maximum absolute atomic E-state index is 12.4. The predicted molar refractivity (Wildman–Crippen MR) is 97.1 cm³/mol. The number of hydrogen-bond acceptors (Lipinski definition) is 5. The van der Waals surface area contributed by atoms with E-state index in [0.29, 0.717) is 9.90 Å². The first-order valence-electron chi connectivity index (χ1n) is 8.01. The minimum absolute atomic E-state index is 0.0457. The van der Waals surface area contributed by atoms with E-state index in [4.69, 9.17) is 4.74 Å². The monoisotopic (exact) mass is 366 g/mol. The van der Waals surface area contributed by atoms with Crippen molar-refractivity contribution in [3.63, 3.8) is 0 Å². The van der Waals surface area contributed by atoms with Gasteiger partial charge in [0.15, 0.2) is 0 Å². The molecule has 1 N–H and O–H groups in total. The minimum atomic E-state index is -3.51. The highest BCUT2D eigenvalue weighted by atomic mass is 32.2. The SMILES string of the molecule is CCN1CCOC(c2ccc(NS(=O)(=O)c3ccc(C)s3)cc2)C1. The molecule has 1 aromatic heterocycles. The van der Waals surface area contributed by atoms with Crippen LogP contribution in [0.25, 0.3) is 0 Å². The summed E-state index contributed by atoms with van der Waals surface area (Å²) in [6.07, 6.45) is 0.0457. The summed E-state index contributed by atoms with van der Waals surface area (Å²) in [5.74, 6) is 0. The van der Waals surface area contributed by atoms with Gasteiger partial charge in [-0.2, -0.15) is 0 Å². The predicted octanol–water partition coefficient (Wildman–Crippen LogP) is 3.25. The summed E-state index contributed by atoms with van der Waals surface area (Å²) < 4.78 is 33.5. The van der Waals surface area contributed by atoms with E-state index in [0.717, 1.165) is 36.7 Å². The van der Waals surface area contributed by atoms with Crippen molar-refractivity contribution in [1.29, 1.82) is 0 Å². The minimum Gasteiger partial charge on any atom is -0.371 e. The number of anilines is 1. The van der Waals surface area contributed by atoms with Gasteiger partial charge in [-0.3, -0.25) is 9.62 Å². The van der Waals surface area contributed by atoms with Crippen LogP contribution >= 0.6 is 11.3 Å². The summed E-state index contributed by atoms with van der Waals surface area (Å²) in [5.41, 5.74) is 1.64. The Morgan fingerprint density at radius 1 is 1.25 bits per heavy atom. The van der Waals surface area contributed by atoms with Gasteiger partial charge in [-0.25, -0.2) is 8.42 Å². The second-order valence-corrected chi connectivity index (χ2v) is 9.04. The zero-order chi connectivity index (χ0) is 17.2. The number of benzene rings is 1. The fourth-order valence-electron chi connectivity index (χ4n) is 2.72. The third-order valence-electron chi connectivity index (χ3n) is 4.11. The van der Waals surface area contributed by atoms with Crippen LogP contribution in [0.4, 0.5) is 5.69 Å². The molecule has 0 spiro atoms. The van der Waals surface area contributed by atoms with Crippen molar-refractivity contribution in [2.24, 2.45) is 0 Å². The number of ether oxygens (including phenoxy) is 1. The highest BCUT2D eigenvalue weighted by molar-refractivity contribution is 7.94. The number of hydrogen-bond donors (Lipinski definition) is 1. The summed E-state index contributed by atoms with van der Waals surface area (Å²) >= 11 is 1.27. The molecule has 1 aromatic carbocycles. The lowest BCUT2D eigenvalue weighted by Gasteiger charge is -2.32. The van der Waals surface area contributed by atoms with Gasteiger partial charge in [-0.05, 0) is 43.3 Å². The second-order valence-electron chi connectivity index (χ2n) is 5.85. The van der Waals surface area contributed by atoms with Crippen molar-refractivity contribution in [3.8, 4) is 0 Å². The highest BCUT2D eigenvalue weighted by Gasteiger charge is 2.21. The Kier molecular flexibility index (Phi) is 5.24. The summed E-state index contributed by atoms with van der Waals surface area (Å²) in [7, 11) is -3.51. The van der Waals surface area contributed by atoms with E-state index in [1.165, 1.54) is 11.3 Å². The van der Waals surface area contributed by atoms with Crippen LogP contribution in [0.5, 0.6) is 0 Å². The van der Waals surface area contributed by atoms with Gasteiger partial charge in [0.05, 0.1) is 12.7 Å². The van der Waals surface area contributed by atoms with E-state index in [1.807, 2.05) is 25.1 Å². The first-order valence-corrected chi connectivity index (χ1v) is 10.3. The molecule has 1 atom stereocenters. The van der Waals surface area contributed by atoms with Crippen molar-refractivity contribution < 1.29 is 13.2 Å². The topological polar surface area (TPSA) is 58.6 Å². The lowest BCUT2D eigenvalue weighted by atomic mass is 10.1. The number of morpholine rings is 1. The van der Waals surface area contributed by atoms with E-state index in [9.17, 15) is 8.42 Å². The molecule has 0 bridgehead atoms. The Morgan fingerprint density at radius 2 is 2.00 bits per heavy atom. The first-order chi connectivity index (χ1) is 11.5. The van der Waals surface area contributed by atoms with Crippen LogP contribution in [0, 0.1) is 6.92 Å². The number of thiophene rings is 1. The van der Waals surface area contributed by atoms with E-state index < -0.39 is 10.0 Å². The molecule has 130 valence electrons. The van der Waals surface area contributed by atoms with Crippen LogP contribution in [0.2, 0.25) is 0 Å². The number of sulfonamides is 1. The lowest BCUT2D eigenvalue weighted by Crippen LogP contribution is -2.38. The molecule has 1 aliphatic heterocycles. The summed E-state index contributed by atoms with van der Waals surface area (Å²) in [4.78, 5) is 3.32. The van der Waals surface area contributed by atoms with Crippen LogP contribution in [0.1, 0.15) is 23.5 Å². The molecule has 5 nitrogen and oxygen atoms in total.